The summed E-state index contributed by atoms with van der Waals surface area (Å²) in [6, 6.07) is 3.74. The minimum atomic E-state index is -0.609. The Hall–Kier alpha value is -3.33. The zero-order valence-corrected chi connectivity index (χ0v) is 23.8. The maximum atomic E-state index is 13.8. The van der Waals surface area contributed by atoms with Crippen LogP contribution in [0.4, 0.5) is 5.69 Å². The van der Waals surface area contributed by atoms with E-state index in [1.807, 2.05) is 30.4 Å². The van der Waals surface area contributed by atoms with Crippen molar-refractivity contribution in [3.8, 4) is 5.75 Å². The molecule has 216 valence electrons. The Kier molecular flexibility index (Phi) is 8.06. The Morgan fingerprint density at radius 2 is 1.95 bits per heavy atom. The molecule has 5 aliphatic rings. The van der Waals surface area contributed by atoms with Gasteiger partial charge >= 0.3 is 0 Å². The number of anilines is 1. The van der Waals surface area contributed by atoms with Crippen molar-refractivity contribution in [3.63, 3.8) is 0 Å². The number of aliphatic hydroxyl groups excluding tert-OH is 1. The molecule has 3 unspecified atom stereocenters. The van der Waals surface area contributed by atoms with E-state index in [1.54, 1.807) is 15.9 Å². The summed E-state index contributed by atoms with van der Waals surface area (Å²) in [7, 11) is 0. The van der Waals surface area contributed by atoms with Crippen molar-refractivity contribution in [1.29, 1.82) is 0 Å². The van der Waals surface area contributed by atoms with Crippen LogP contribution in [0.5, 0.6) is 5.75 Å². The lowest BCUT2D eigenvalue weighted by Crippen LogP contribution is -2.56. The van der Waals surface area contributed by atoms with Gasteiger partial charge in [-0.15, -0.1) is 0 Å². The second-order valence-corrected chi connectivity index (χ2v) is 11.7. The summed E-state index contributed by atoms with van der Waals surface area (Å²) < 4.78 is 11.9. The standard InChI is InChI=1S/C32H36ClN3O5/c1-2-31(38)35-18-21(19-35)20-36-28-17-27(33)26(25-15-23(37)14-22-6-3-4-7-24(22)25)16-30(28)41-29(32(36)39)8-5-9-34-10-12-40-13-11-34/h2-4,6-7,14-17,21-22,24,29,37H,1,5,8-13,18-20H2. The first-order valence-corrected chi connectivity index (χ1v) is 14.8. The Labute approximate surface area is 245 Å². The fourth-order valence-corrected chi connectivity index (χ4v) is 6.63. The second-order valence-electron chi connectivity index (χ2n) is 11.3. The van der Waals surface area contributed by atoms with Gasteiger partial charge in [0, 0.05) is 56.0 Å². The molecule has 2 fully saturated rings. The first-order chi connectivity index (χ1) is 19.9. The van der Waals surface area contributed by atoms with Crippen molar-refractivity contribution in [2.24, 2.45) is 17.8 Å². The van der Waals surface area contributed by atoms with Gasteiger partial charge in [-0.1, -0.05) is 42.5 Å². The van der Waals surface area contributed by atoms with Gasteiger partial charge in [-0.2, -0.15) is 0 Å². The van der Waals surface area contributed by atoms with Crippen LogP contribution in [-0.4, -0.2) is 85.3 Å². The Morgan fingerprint density at radius 1 is 1.17 bits per heavy atom. The number of carbonyl (C=O) groups is 2. The van der Waals surface area contributed by atoms with E-state index in [4.69, 9.17) is 21.1 Å². The van der Waals surface area contributed by atoms with Gasteiger partial charge in [-0.25, -0.2) is 0 Å². The largest absolute Gasteiger partial charge is 0.508 e. The zero-order chi connectivity index (χ0) is 28.5. The average molecular weight is 578 g/mol. The quantitative estimate of drug-likeness (QED) is 0.462. The molecule has 3 aliphatic heterocycles. The molecule has 8 nitrogen and oxygen atoms in total. The van der Waals surface area contributed by atoms with Gasteiger partial charge in [0.15, 0.2) is 6.10 Å². The van der Waals surface area contributed by atoms with E-state index in [-0.39, 0.29) is 35.3 Å². The van der Waals surface area contributed by atoms with Crippen molar-refractivity contribution in [2.45, 2.75) is 18.9 Å². The number of amides is 2. The highest BCUT2D eigenvalue weighted by atomic mass is 35.5. The molecule has 1 aromatic carbocycles. The lowest BCUT2D eigenvalue weighted by atomic mass is 9.76. The van der Waals surface area contributed by atoms with Gasteiger partial charge in [-0.05, 0) is 55.3 Å². The molecule has 0 spiro atoms. The van der Waals surface area contributed by atoms with E-state index in [9.17, 15) is 14.7 Å². The van der Waals surface area contributed by atoms with Crippen LogP contribution in [0.25, 0.3) is 5.57 Å². The number of morpholine rings is 1. The Balaban J connectivity index is 1.27. The van der Waals surface area contributed by atoms with Gasteiger partial charge in [0.1, 0.15) is 11.5 Å². The molecule has 3 atom stereocenters. The maximum Gasteiger partial charge on any atom is 0.268 e. The highest BCUT2D eigenvalue weighted by molar-refractivity contribution is 6.33. The first kappa shape index (κ1) is 27.8. The zero-order valence-electron chi connectivity index (χ0n) is 23.1. The van der Waals surface area contributed by atoms with Gasteiger partial charge in [0.05, 0.1) is 23.9 Å². The number of benzene rings is 1. The predicted octanol–water partition coefficient (Wildman–Crippen LogP) is 4.39. The van der Waals surface area contributed by atoms with Crippen LogP contribution in [0.3, 0.4) is 0 Å². The van der Waals surface area contributed by atoms with E-state index in [1.165, 1.54) is 6.08 Å². The second kappa shape index (κ2) is 11.9. The van der Waals surface area contributed by atoms with Crippen LogP contribution in [0.15, 0.2) is 67.0 Å². The number of nitrogens with zero attached hydrogens (tertiary/aromatic N) is 3. The number of aliphatic hydroxyl groups is 1. The number of fused-ring (bicyclic) bond motifs is 2. The predicted molar refractivity (Wildman–Crippen MR) is 159 cm³/mol. The molecule has 0 saturated carbocycles. The monoisotopic (exact) mass is 577 g/mol. The third-order valence-corrected chi connectivity index (χ3v) is 8.91. The van der Waals surface area contributed by atoms with Crippen molar-refractivity contribution >= 4 is 34.7 Å². The number of hydrogen-bond acceptors (Lipinski definition) is 6. The average Bonchev–Trinajstić information content (AvgIpc) is 2.96. The summed E-state index contributed by atoms with van der Waals surface area (Å²) in [5, 5.41) is 11.0. The molecular formula is C32H36ClN3O5. The maximum absolute atomic E-state index is 13.8. The van der Waals surface area contributed by atoms with Crippen LogP contribution in [0.1, 0.15) is 18.4 Å². The molecule has 0 bridgehead atoms. The summed E-state index contributed by atoms with van der Waals surface area (Å²) in [4.78, 5) is 31.7. The van der Waals surface area contributed by atoms with Crippen molar-refractivity contribution < 1.29 is 24.2 Å². The van der Waals surface area contributed by atoms with Gasteiger partial charge in [0.25, 0.3) is 5.91 Å². The van der Waals surface area contributed by atoms with Crippen molar-refractivity contribution in [1.82, 2.24) is 9.80 Å². The van der Waals surface area contributed by atoms with Crippen LogP contribution in [0.2, 0.25) is 5.02 Å². The minimum absolute atomic E-state index is 0.0406. The normalized spacial score (nSPS) is 26.0. The van der Waals surface area contributed by atoms with E-state index in [2.05, 4.69) is 23.6 Å². The third-order valence-electron chi connectivity index (χ3n) is 8.59. The fourth-order valence-electron chi connectivity index (χ4n) is 6.37. The molecule has 0 radical (unpaired) electrons. The molecule has 9 heteroatoms. The molecule has 0 aromatic heterocycles. The number of allylic oxidation sites excluding steroid dienone is 7. The molecule has 3 heterocycles. The first-order valence-electron chi connectivity index (χ1n) is 14.4. The van der Waals surface area contributed by atoms with E-state index >= 15 is 0 Å². The summed E-state index contributed by atoms with van der Waals surface area (Å²) in [5.41, 5.74) is 2.35. The number of ether oxygens (including phenoxy) is 2. The Bertz CT molecular complexity index is 1340. The molecule has 1 aromatic rings. The van der Waals surface area contributed by atoms with Crippen molar-refractivity contribution in [3.05, 3.63) is 77.6 Å². The molecule has 2 amide bonds. The van der Waals surface area contributed by atoms with Gasteiger partial charge in [-0.3, -0.25) is 14.5 Å². The molecule has 2 saturated heterocycles. The molecule has 2 aliphatic carbocycles. The summed E-state index contributed by atoms with van der Waals surface area (Å²) in [5.74, 6) is 0.891. The van der Waals surface area contributed by atoms with Crippen LogP contribution in [-0.2, 0) is 14.3 Å². The van der Waals surface area contributed by atoms with Crippen LogP contribution >= 0.6 is 11.6 Å². The number of likely N-dealkylation sites (tertiary alicyclic amines) is 1. The lowest BCUT2D eigenvalue weighted by Gasteiger charge is -2.43. The molecule has 6 rings (SSSR count). The highest BCUT2D eigenvalue weighted by Gasteiger charge is 2.40. The SMILES string of the molecule is C=CC(=O)N1CC(CN2C(=O)C(CCCN3CCOCC3)Oc3cc(C4=CC(O)=CC5C=CC=CC45)c(Cl)cc32)C1. The number of rotatable bonds is 8. The van der Waals surface area contributed by atoms with E-state index < -0.39 is 6.10 Å². The Morgan fingerprint density at radius 3 is 2.73 bits per heavy atom. The highest BCUT2D eigenvalue weighted by Crippen LogP contribution is 2.46. The van der Waals surface area contributed by atoms with Gasteiger partial charge < -0.3 is 24.4 Å². The summed E-state index contributed by atoms with van der Waals surface area (Å²) in [6.45, 7) is 9.40. The summed E-state index contributed by atoms with van der Waals surface area (Å²) >= 11 is 6.90. The third kappa shape index (κ3) is 5.73. The number of halogens is 1. The van der Waals surface area contributed by atoms with E-state index in [0.717, 1.165) is 50.4 Å². The topological polar surface area (TPSA) is 82.6 Å². The smallest absolute Gasteiger partial charge is 0.268 e. The number of carbonyl (C=O) groups excluding carboxylic acids is 2. The van der Waals surface area contributed by atoms with Crippen molar-refractivity contribution in [2.75, 3.05) is 57.4 Å². The van der Waals surface area contributed by atoms with Gasteiger partial charge in [0.2, 0.25) is 5.91 Å². The molecule has 1 N–H and O–H groups in total. The minimum Gasteiger partial charge on any atom is -0.508 e. The lowest BCUT2D eigenvalue weighted by molar-refractivity contribution is -0.132. The molecular weight excluding hydrogens is 542 g/mol. The molecule has 41 heavy (non-hydrogen) atoms. The van der Waals surface area contributed by atoms with E-state index in [0.29, 0.717) is 42.5 Å². The summed E-state index contributed by atoms with van der Waals surface area (Å²) in [6.07, 6.45) is 13.9. The number of hydrogen-bond donors (Lipinski definition) is 1. The van der Waals surface area contributed by atoms with Crippen LogP contribution in [0, 0.1) is 17.8 Å². The van der Waals surface area contributed by atoms with Crippen LogP contribution < -0.4 is 9.64 Å². The fraction of sp³-hybridized carbons (Fsp3) is 0.438.